The molecule has 1 saturated heterocycles. The first-order chi connectivity index (χ1) is 6.33. The lowest BCUT2D eigenvalue weighted by atomic mass is 10.3. The number of nitrogens with one attached hydrogen (secondary N) is 1. The van der Waals surface area contributed by atoms with Gasteiger partial charge >= 0.3 is 0 Å². The lowest BCUT2D eigenvalue weighted by Gasteiger charge is -2.31. The number of nitrogens with zero attached hydrogens (tertiary/aromatic N) is 1. The van der Waals surface area contributed by atoms with Crippen LogP contribution in [0.4, 0.5) is 0 Å². The first-order valence-electron chi connectivity index (χ1n) is 5.37. The van der Waals surface area contributed by atoms with Crippen molar-refractivity contribution in [1.82, 2.24) is 10.2 Å². The zero-order chi connectivity index (χ0) is 9.52. The van der Waals surface area contributed by atoms with E-state index in [2.05, 4.69) is 24.1 Å². The number of rotatable bonds is 5. The fraction of sp³-hybridized carbons (Fsp3) is 1.00. The van der Waals surface area contributed by atoms with Gasteiger partial charge in [-0.3, -0.25) is 4.90 Å². The minimum absolute atomic E-state index is 0.417. The van der Waals surface area contributed by atoms with Crippen molar-refractivity contribution in [2.24, 2.45) is 0 Å². The highest BCUT2D eigenvalue weighted by molar-refractivity contribution is 4.68. The van der Waals surface area contributed by atoms with E-state index in [4.69, 9.17) is 4.74 Å². The molecule has 1 N–H and O–H groups in total. The first-order valence-corrected chi connectivity index (χ1v) is 5.37. The minimum Gasteiger partial charge on any atom is -0.376 e. The van der Waals surface area contributed by atoms with Gasteiger partial charge in [0.25, 0.3) is 0 Å². The maximum Gasteiger partial charge on any atom is 0.0674 e. The van der Waals surface area contributed by atoms with Gasteiger partial charge in [0.1, 0.15) is 0 Å². The molecule has 0 saturated carbocycles. The SMILES string of the molecule is CCCNCCN1CCOC(C)C1. The third-order valence-corrected chi connectivity index (χ3v) is 2.36. The first kappa shape index (κ1) is 11.0. The van der Waals surface area contributed by atoms with Gasteiger partial charge in [0.05, 0.1) is 12.7 Å². The molecule has 13 heavy (non-hydrogen) atoms. The summed E-state index contributed by atoms with van der Waals surface area (Å²) in [5, 5.41) is 3.41. The van der Waals surface area contributed by atoms with E-state index in [9.17, 15) is 0 Å². The van der Waals surface area contributed by atoms with Crippen LogP contribution in [0.5, 0.6) is 0 Å². The Kier molecular flexibility index (Phi) is 5.35. The summed E-state index contributed by atoms with van der Waals surface area (Å²) in [6.07, 6.45) is 1.64. The third-order valence-electron chi connectivity index (χ3n) is 2.36. The highest BCUT2D eigenvalue weighted by Gasteiger charge is 2.15. The molecule has 0 bridgehead atoms. The Morgan fingerprint density at radius 3 is 3.00 bits per heavy atom. The Hall–Kier alpha value is -0.120. The normalized spacial score (nSPS) is 24.9. The summed E-state index contributed by atoms with van der Waals surface area (Å²) >= 11 is 0. The monoisotopic (exact) mass is 186 g/mol. The van der Waals surface area contributed by atoms with Crippen molar-refractivity contribution in [3.8, 4) is 0 Å². The van der Waals surface area contributed by atoms with E-state index in [-0.39, 0.29) is 0 Å². The molecule has 1 fully saturated rings. The van der Waals surface area contributed by atoms with Crippen LogP contribution in [-0.4, -0.2) is 50.3 Å². The molecule has 78 valence electrons. The average Bonchev–Trinajstić information content (AvgIpc) is 2.13. The standard InChI is InChI=1S/C10H22N2O/c1-3-4-11-5-6-12-7-8-13-10(2)9-12/h10-11H,3-9H2,1-2H3. The molecule has 0 spiro atoms. The van der Waals surface area contributed by atoms with Crippen LogP contribution in [0.1, 0.15) is 20.3 Å². The van der Waals surface area contributed by atoms with E-state index < -0.39 is 0 Å². The van der Waals surface area contributed by atoms with Crippen LogP contribution in [0.3, 0.4) is 0 Å². The Labute approximate surface area is 81.4 Å². The average molecular weight is 186 g/mol. The second-order valence-corrected chi connectivity index (χ2v) is 3.73. The summed E-state index contributed by atoms with van der Waals surface area (Å²) in [6.45, 7) is 10.8. The maximum atomic E-state index is 5.47. The molecule has 1 atom stereocenters. The molecule has 0 aromatic rings. The molecule has 1 heterocycles. The molecule has 3 nitrogen and oxygen atoms in total. The minimum atomic E-state index is 0.417. The zero-order valence-electron chi connectivity index (χ0n) is 8.88. The number of hydrogen-bond acceptors (Lipinski definition) is 3. The molecule has 0 amide bonds. The van der Waals surface area contributed by atoms with Crippen LogP contribution >= 0.6 is 0 Å². The molecule has 1 aliphatic rings. The fourth-order valence-electron chi connectivity index (χ4n) is 1.63. The van der Waals surface area contributed by atoms with Gasteiger partial charge in [-0.25, -0.2) is 0 Å². The Balaban J connectivity index is 2.00. The van der Waals surface area contributed by atoms with Gasteiger partial charge in [0.15, 0.2) is 0 Å². The predicted molar refractivity (Wildman–Crippen MR) is 55.0 cm³/mol. The van der Waals surface area contributed by atoms with Crippen molar-refractivity contribution in [3.63, 3.8) is 0 Å². The van der Waals surface area contributed by atoms with Gasteiger partial charge in [-0.15, -0.1) is 0 Å². The topological polar surface area (TPSA) is 24.5 Å². The van der Waals surface area contributed by atoms with Gasteiger partial charge < -0.3 is 10.1 Å². The van der Waals surface area contributed by atoms with E-state index in [1.165, 1.54) is 6.42 Å². The van der Waals surface area contributed by atoms with E-state index in [1.807, 2.05) is 0 Å². The van der Waals surface area contributed by atoms with Crippen molar-refractivity contribution >= 4 is 0 Å². The van der Waals surface area contributed by atoms with Crippen LogP contribution in [0.25, 0.3) is 0 Å². The zero-order valence-corrected chi connectivity index (χ0v) is 8.88. The third kappa shape index (κ3) is 4.60. The lowest BCUT2D eigenvalue weighted by Crippen LogP contribution is -2.43. The largest absolute Gasteiger partial charge is 0.376 e. The Morgan fingerprint density at radius 1 is 1.46 bits per heavy atom. The number of hydrogen-bond donors (Lipinski definition) is 1. The summed E-state index contributed by atoms with van der Waals surface area (Å²) < 4.78 is 5.47. The highest BCUT2D eigenvalue weighted by Crippen LogP contribution is 2.02. The molecule has 1 rings (SSSR count). The predicted octanol–water partition coefficient (Wildman–Crippen LogP) is 0.707. The van der Waals surface area contributed by atoms with Crippen molar-refractivity contribution in [2.45, 2.75) is 26.4 Å². The summed E-state index contributed by atoms with van der Waals surface area (Å²) in [7, 11) is 0. The van der Waals surface area contributed by atoms with Crippen molar-refractivity contribution in [1.29, 1.82) is 0 Å². The van der Waals surface area contributed by atoms with E-state index >= 15 is 0 Å². The summed E-state index contributed by atoms with van der Waals surface area (Å²) in [6, 6.07) is 0. The van der Waals surface area contributed by atoms with E-state index in [1.54, 1.807) is 0 Å². The van der Waals surface area contributed by atoms with Crippen LogP contribution in [0.2, 0.25) is 0 Å². The second-order valence-electron chi connectivity index (χ2n) is 3.73. The Morgan fingerprint density at radius 2 is 2.31 bits per heavy atom. The molecule has 0 aromatic heterocycles. The van der Waals surface area contributed by atoms with Gasteiger partial charge in [-0.05, 0) is 19.9 Å². The van der Waals surface area contributed by atoms with Gasteiger partial charge in [0, 0.05) is 26.2 Å². The van der Waals surface area contributed by atoms with Gasteiger partial charge in [0.2, 0.25) is 0 Å². The van der Waals surface area contributed by atoms with Crippen molar-refractivity contribution < 1.29 is 4.74 Å². The summed E-state index contributed by atoms with van der Waals surface area (Å²) in [5.74, 6) is 0. The quantitative estimate of drug-likeness (QED) is 0.640. The Bertz CT molecular complexity index is 130. The van der Waals surface area contributed by atoms with E-state index in [0.29, 0.717) is 6.10 Å². The molecular weight excluding hydrogens is 164 g/mol. The highest BCUT2D eigenvalue weighted by atomic mass is 16.5. The van der Waals surface area contributed by atoms with Crippen molar-refractivity contribution in [2.75, 3.05) is 39.3 Å². The molecule has 3 heteroatoms. The van der Waals surface area contributed by atoms with Gasteiger partial charge in [-0.2, -0.15) is 0 Å². The van der Waals surface area contributed by atoms with Crippen LogP contribution in [-0.2, 0) is 4.74 Å². The molecule has 0 radical (unpaired) electrons. The van der Waals surface area contributed by atoms with Crippen LogP contribution in [0, 0.1) is 0 Å². The smallest absolute Gasteiger partial charge is 0.0674 e. The van der Waals surface area contributed by atoms with E-state index in [0.717, 1.165) is 39.3 Å². The number of ether oxygens (including phenoxy) is 1. The lowest BCUT2D eigenvalue weighted by molar-refractivity contribution is -0.0176. The van der Waals surface area contributed by atoms with Crippen LogP contribution in [0.15, 0.2) is 0 Å². The molecule has 0 aliphatic carbocycles. The molecule has 0 aromatic carbocycles. The second kappa shape index (κ2) is 6.35. The maximum absolute atomic E-state index is 5.47. The van der Waals surface area contributed by atoms with Crippen LogP contribution < -0.4 is 5.32 Å². The summed E-state index contributed by atoms with van der Waals surface area (Å²) in [5.41, 5.74) is 0. The number of morpholine rings is 1. The van der Waals surface area contributed by atoms with Crippen molar-refractivity contribution in [3.05, 3.63) is 0 Å². The molecule has 1 unspecified atom stereocenters. The molecular formula is C10H22N2O. The van der Waals surface area contributed by atoms with Gasteiger partial charge in [-0.1, -0.05) is 6.92 Å². The summed E-state index contributed by atoms with van der Waals surface area (Å²) in [4.78, 5) is 2.47. The fourth-order valence-corrected chi connectivity index (χ4v) is 1.63. The molecule has 1 aliphatic heterocycles.